The van der Waals surface area contributed by atoms with E-state index in [0.717, 1.165) is 11.3 Å². The van der Waals surface area contributed by atoms with Crippen molar-refractivity contribution in [3.63, 3.8) is 0 Å². The van der Waals surface area contributed by atoms with Crippen molar-refractivity contribution < 1.29 is 13.6 Å². The third-order valence-electron chi connectivity index (χ3n) is 4.04. The molecule has 0 radical (unpaired) electrons. The molecule has 0 unspecified atom stereocenters. The minimum atomic E-state index is -0.315. The van der Waals surface area contributed by atoms with Gasteiger partial charge in [0.2, 0.25) is 0 Å². The molecule has 0 aliphatic rings. The standard InChI is InChI=1S/C21H19F2N3O/c22-17-7-5-15(6-8-17)13-26-21(27)20-10-9-18(14-25-20)24-12-11-16-3-1-2-4-19(16)23/h1-10,14,24H,11-13H2,(H,26,27). The van der Waals surface area contributed by atoms with Crippen molar-refractivity contribution >= 4 is 11.6 Å². The minimum absolute atomic E-state index is 0.217. The summed E-state index contributed by atoms with van der Waals surface area (Å²) in [5, 5.41) is 5.89. The molecule has 0 spiro atoms. The van der Waals surface area contributed by atoms with Crippen molar-refractivity contribution in [2.75, 3.05) is 11.9 Å². The summed E-state index contributed by atoms with van der Waals surface area (Å²) in [6.45, 7) is 0.849. The molecule has 2 aromatic carbocycles. The van der Waals surface area contributed by atoms with E-state index < -0.39 is 0 Å². The summed E-state index contributed by atoms with van der Waals surface area (Å²) in [6, 6.07) is 16.0. The molecule has 0 atom stereocenters. The molecule has 1 amide bonds. The van der Waals surface area contributed by atoms with Crippen molar-refractivity contribution in [1.29, 1.82) is 0 Å². The highest BCUT2D eigenvalue weighted by Crippen LogP contribution is 2.10. The van der Waals surface area contributed by atoms with Crippen molar-refractivity contribution in [2.24, 2.45) is 0 Å². The van der Waals surface area contributed by atoms with Crippen LogP contribution in [-0.4, -0.2) is 17.4 Å². The van der Waals surface area contributed by atoms with Crippen LogP contribution in [0.4, 0.5) is 14.5 Å². The summed E-state index contributed by atoms with van der Waals surface area (Å²) in [6.07, 6.45) is 2.11. The lowest BCUT2D eigenvalue weighted by Gasteiger charge is -2.08. The van der Waals surface area contributed by atoms with Crippen LogP contribution in [0.2, 0.25) is 0 Å². The summed E-state index contributed by atoms with van der Waals surface area (Å²) >= 11 is 0. The lowest BCUT2D eigenvalue weighted by atomic mass is 10.1. The highest BCUT2D eigenvalue weighted by atomic mass is 19.1. The number of carbonyl (C=O) groups is 1. The molecule has 0 bridgehead atoms. The number of anilines is 1. The van der Waals surface area contributed by atoms with Crippen LogP contribution in [0, 0.1) is 11.6 Å². The first-order valence-electron chi connectivity index (χ1n) is 8.58. The van der Waals surface area contributed by atoms with Gasteiger partial charge in [-0.1, -0.05) is 30.3 Å². The molecule has 0 aliphatic carbocycles. The number of halogens is 2. The molecular formula is C21H19F2N3O. The second-order valence-corrected chi connectivity index (χ2v) is 6.01. The smallest absolute Gasteiger partial charge is 0.270 e. The summed E-state index contributed by atoms with van der Waals surface area (Å²) in [7, 11) is 0. The SMILES string of the molecule is O=C(NCc1ccc(F)cc1)c1ccc(NCCc2ccccc2F)cn1. The van der Waals surface area contributed by atoms with Crippen molar-refractivity contribution in [1.82, 2.24) is 10.3 Å². The second kappa shape index (κ2) is 8.89. The van der Waals surface area contributed by atoms with Gasteiger partial charge in [-0.05, 0) is 47.9 Å². The molecule has 4 nitrogen and oxygen atoms in total. The van der Waals surface area contributed by atoms with Gasteiger partial charge in [-0.2, -0.15) is 0 Å². The molecule has 0 saturated carbocycles. The first-order valence-corrected chi connectivity index (χ1v) is 8.58. The average Bonchev–Trinajstić information content (AvgIpc) is 2.69. The van der Waals surface area contributed by atoms with Gasteiger partial charge in [-0.25, -0.2) is 13.8 Å². The van der Waals surface area contributed by atoms with Gasteiger partial charge >= 0.3 is 0 Å². The van der Waals surface area contributed by atoms with E-state index in [1.54, 1.807) is 48.7 Å². The predicted molar refractivity (Wildman–Crippen MR) is 100 cm³/mol. The van der Waals surface area contributed by atoms with E-state index in [4.69, 9.17) is 0 Å². The van der Waals surface area contributed by atoms with Crippen LogP contribution in [0.3, 0.4) is 0 Å². The van der Waals surface area contributed by atoms with Crippen molar-refractivity contribution in [2.45, 2.75) is 13.0 Å². The van der Waals surface area contributed by atoms with E-state index in [9.17, 15) is 13.6 Å². The summed E-state index contributed by atoms with van der Waals surface area (Å²) < 4.78 is 26.4. The Morgan fingerprint density at radius 2 is 1.74 bits per heavy atom. The van der Waals surface area contributed by atoms with E-state index in [2.05, 4.69) is 15.6 Å². The lowest BCUT2D eigenvalue weighted by molar-refractivity contribution is 0.0946. The molecule has 2 N–H and O–H groups in total. The summed E-state index contributed by atoms with van der Waals surface area (Å²) in [5.41, 5.74) is 2.49. The Bertz CT molecular complexity index is 896. The van der Waals surface area contributed by atoms with Gasteiger partial charge in [0.25, 0.3) is 5.91 Å². The predicted octanol–water partition coefficient (Wildman–Crippen LogP) is 3.94. The third-order valence-corrected chi connectivity index (χ3v) is 4.04. The van der Waals surface area contributed by atoms with Crippen LogP contribution in [0.1, 0.15) is 21.6 Å². The maximum absolute atomic E-state index is 13.6. The molecule has 3 aromatic rings. The zero-order valence-corrected chi connectivity index (χ0v) is 14.6. The molecule has 1 heterocycles. The molecule has 27 heavy (non-hydrogen) atoms. The summed E-state index contributed by atoms with van der Waals surface area (Å²) in [4.78, 5) is 16.3. The highest BCUT2D eigenvalue weighted by Gasteiger charge is 2.07. The lowest BCUT2D eigenvalue weighted by Crippen LogP contribution is -2.23. The first-order chi connectivity index (χ1) is 13.1. The van der Waals surface area contributed by atoms with Gasteiger partial charge in [0, 0.05) is 13.1 Å². The molecule has 0 aliphatic heterocycles. The highest BCUT2D eigenvalue weighted by molar-refractivity contribution is 5.92. The topological polar surface area (TPSA) is 54.0 Å². The van der Waals surface area contributed by atoms with Crippen LogP contribution in [0.15, 0.2) is 66.9 Å². The molecule has 6 heteroatoms. The van der Waals surface area contributed by atoms with E-state index in [-0.39, 0.29) is 23.2 Å². The molecule has 0 fully saturated rings. The Hall–Kier alpha value is -3.28. The van der Waals surface area contributed by atoms with Gasteiger partial charge in [-0.3, -0.25) is 4.79 Å². The number of hydrogen-bond acceptors (Lipinski definition) is 3. The summed E-state index contributed by atoms with van der Waals surface area (Å²) in [5.74, 6) is -0.840. The largest absolute Gasteiger partial charge is 0.383 e. The average molecular weight is 367 g/mol. The fraction of sp³-hybridized carbons (Fsp3) is 0.143. The Kier molecular flexibility index (Phi) is 6.10. The van der Waals surface area contributed by atoms with Crippen LogP contribution < -0.4 is 10.6 Å². The van der Waals surface area contributed by atoms with Crippen molar-refractivity contribution in [3.8, 4) is 0 Å². The molecular weight excluding hydrogens is 348 g/mol. The Labute approximate surface area is 156 Å². The van der Waals surface area contributed by atoms with E-state index in [1.165, 1.54) is 18.2 Å². The fourth-order valence-electron chi connectivity index (χ4n) is 2.55. The Morgan fingerprint density at radius 1 is 0.963 bits per heavy atom. The van der Waals surface area contributed by atoms with Crippen molar-refractivity contribution in [3.05, 3.63) is 95.3 Å². The van der Waals surface area contributed by atoms with Gasteiger partial charge in [-0.15, -0.1) is 0 Å². The number of carbonyl (C=O) groups excluding carboxylic acids is 1. The number of nitrogens with one attached hydrogen (secondary N) is 2. The van der Waals surface area contributed by atoms with E-state index in [1.807, 2.05) is 0 Å². The zero-order chi connectivity index (χ0) is 19.1. The van der Waals surface area contributed by atoms with Crippen LogP contribution in [-0.2, 0) is 13.0 Å². The quantitative estimate of drug-likeness (QED) is 0.665. The van der Waals surface area contributed by atoms with Crippen LogP contribution >= 0.6 is 0 Å². The number of rotatable bonds is 7. The number of aromatic nitrogens is 1. The van der Waals surface area contributed by atoms with Gasteiger partial charge < -0.3 is 10.6 Å². The first kappa shape index (κ1) is 18.5. The Morgan fingerprint density at radius 3 is 2.44 bits per heavy atom. The van der Waals surface area contributed by atoms with Gasteiger partial charge in [0.1, 0.15) is 17.3 Å². The van der Waals surface area contributed by atoms with Gasteiger partial charge in [0.15, 0.2) is 0 Å². The second-order valence-electron chi connectivity index (χ2n) is 6.01. The van der Waals surface area contributed by atoms with Gasteiger partial charge in [0.05, 0.1) is 11.9 Å². The molecule has 0 saturated heterocycles. The minimum Gasteiger partial charge on any atom is -0.383 e. The number of benzene rings is 2. The molecule has 138 valence electrons. The Balaban J connectivity index is 1.48. The van der Waals surface area contributed by atoms with E-state index in [0.29, 0.717) is 25.1 Å². The normalized spacial score (nSPS) is 10.4. The van der Waals surface area contributed by atoms with E-state index >= 15 is 0 Å². The number of amides is 1. The van der Waals surface area contributed by atoms with Crippen LogP contribution in [0.25, 0.3) is 0 Å². The zero-order valence-electron chi connectivity index (χ0n) is 14.6. The maximum atomic E-state index is 13.6. The maximum Gasteiger partial charge on any atom is 0.270 e. The monoisotopic (exact) mass is 367 g/mol. The number of hydrogen-bond donors (Lipinski definition) is 2. The molecule has 3 rings (SSSR count). The van der Waals surface area contributed by atoms with Crippen LogP contribution in [0.5, 0.6) is 0 Å². The molecule has 1 aromatic heterocycles. The third kappa shape index (κ3) is 5.34. The fourth-order valence-corrected chi connectivity index (χ4v) is 2.55. The number of pyridine rings is 1. The number of nitrogens with zero attached hydrogens (tertiary/aromatic N) is 1.